The van der Waals surface area contributed by atoms with Crippen molar-refractivity contribution in [3.63, 3.8) is 0 Å². The van der Waals surface area contributed by atoms with Gasteiger partial charge in [0.05, 0.1) is 0 Å². The van der Waals surface area contributed by atoms with Crippen LogP contribution in [0.3, 0.4) is 0 Å². The number of aromatic hydroxyl groups is 1. The van der Waals surface area contributed by atoms with E-state index < -0.39 is 0 Å². The lowest BCUT2D eigenvalue weighted by Crippen LogP contribution is -1.99. The number of phenolic OH excluding ortho intramolecular Hbond substituents is 1. The van der Waals surface area contributed by atoms with Gasteiger partial charge < -0.3 is 5.11 Å². The van der Waals surface area contributed by atoms with E-state index >= 15 is 0 Å². The Balaban J connectivity index is 3.50. The van der Waals surface area contributed by atoms with Crippen molar-refractivity contribution in [2.45, 2.75) is 26.7 Å². The molecule has 0 fully saturated rings. The van der Waals surface area contributed by atoms with Crippen LogP contribution in [-0.2, 0) is 12.8 Å². The molecular formula is C11H13BrO2. The summed E-state index contributed by atoms with van der Waals surface area (Å²) in [6.07, 6.45) is 2.33. The van der Waals surface area contributed by atoms with E-state index in [4.69, 9.17) is 0 Å². The molecule has 1 aromatic rings. The van der Waals surface area contributed by atoms with Crippen LogP contribution in [0.2, 0.25) is 0 Å². The Morgan fingerprint density at radius 2 is 1.93 bits per heavy atom. The highest BCUT2D eigenvalue weighted by atomic mass is 79.9. The van der Waals surface area contributed by atoms with Crippen molar-refractivity contribution in [2.75, 3.05) is 0 Å². The van der Waals surface area contributed by atoms with Gasteiger partial charge in [0.15, 0.2) is 6.29 Å². The number of phenols is 1. The molecule has 0 unspecified atom stereocenters. The number of hydrogen-bond donors (Lipinski definition) is 1. The maximum atomic E-state index is 10.9. The van der Waals surface area contributed by atoms with Gasteiger partial charge in [-0.3, -0.25) is 4.79 Å². The lowest BCUT2D eigenvalue weighted by Gasteiger charge is -2.12. The molecule has 76 valence electrons. The number of carbonyl (C=O) groups excluding carboxylic acids is 1. The zero-order chi connectivity index (χ0) is 10.7. The molecule has 1 aromatic carbocycles. The summed E-state index contributed by atoms with van der Waals surface area (Å²) in [5.41, 5.74) is 2.47. The summed E-state index contributed by atoms with van der Waals surface area (Å²) in [5.74, 6) is 0.266. The van der Waals surface area contributed by atoms with Gasteiger partial charge in [0.2, 0.25) is 0 Å². The molecule has 0 amide bonds. The zero-order valence-electron chi connectivity index (χ0n) is 8.30. The molecule has 0 aliphatic heterocycles. The first kappa shape index (κ1) is 11.2. The minimum absolute atomic E-state index is 0.266. The Morgan fingerprint density at radius 3 is 2.36 bits per heavy atom. The second-order valence-electron chi connectivity index (χ2n) is 3.07. The molecule has 3 heteroatoms. The van der Waals surface area contributed by atoms with Gasteiger partial charge in [-0.15, -0.1) is 0 Å². The lowest BCUT2D eigenvalue weighted by atomic mass is 9.97. The summed E-state index contributed by atoms with van der Waals surface area (Å²) in [7, 11) is 0. The average Bonchev–Trinajstić information content (AvgIpc) is 2.16. The van der Waals surface area contributed by atoms with Crippen LogP contribution in [-0.4, -0.2) is 11.4 Å². The summed E-state index contributed by atoms with van der Waals surface area (Å²) in [4.78, 5) is 10.9. The molecule has 0 saturated carbocycles. The van der Waals surface area contributed by atoms with Gasteiger partial charge in [0.25, 0.3) is 0 Å². The van der Waals surface area contributed by atoms with E-state index in [2.05, 4.69) is 15.9 Å². The number of rotatable bonds is 3. The topological polar surface area (TPSA) is 37.3 Å². The van der Waals surface area contributed by atoms with Gasteiger partial charge in [-0.2, -0.15) is 0 Å². The summed E-state index contributed by atoms with van der Waals surface area (Å²) >= 11 is 3.27. The molecule has 0 aliphatic rings. The van der Waals surface area contributed by atoms with Gasteiger partial charge in [-0.1, -0.05) is 13.8 Å². The highest BCUT2D eigenvalue weighted by Gasteiger charge is 2.13. The monoisotopic (exact) mass is 256 g/mol. The number of halogens is 1. The summed E-state index contributed by atoms with van der Waals surface area (Å²) in [5, 5.41) is 9.68. The summed E-state index contributed by atoms with van der Waals surface area (Å²) < 4.78 is 0.666. The van der Waals surface area contributed by atoms with Crippen LogP contribution >= 0.6 is 15.9 Å². The standard InChI is InChI=1S/C11H13BrO2/c1-3-7-8(4-2)11(14)5-10(12)9(7)6-13/h5-6,14H,3-4H2,1-2H3. The molecule has 14 heavy (non-hydrogen) atoms. The molecule has 0 saturated heterocycles. The van der Waals surface area contributed by atoms with Crippen molar-refractivity contribution >= 4 is 22.2 Å². The van der Waals surface area contributed by atoms with E-state index in [1.54, 1.807) is 6.07 Å². The van der Waals surface area contributed by atoms with E-state index in [0.29, 0.717) is 10.0 Å². The van der Waals surface area contributed by atoms with Crippen molar-refractivity contribution in [3.8, 4) is 5.75 Å². The van der Waals surface area contributed by atoms with Crippen LogP contribution in [0.4, 0.5) is 0 Å². The molecule has 0 atom stereocenters. The van der Waals surface area contributed by atoms with E-state index in [1.165, 1.54) is 0 Å². The molecule has 2 nitrogen and oxygen atoms in total. The molecular weight excluding hydrogens is 244 g/mol. The Morgan fingerprint density at radius 1 is 1.36 bits per heavy atom. The van der Waals surface area contributed by atoms with E-state index in [9.17, 15) is 9.90 Å². The molecule has 0 heterocycles. The van der Waals surface area contributed by atoms with Gasteiger partial charge in [-0.25, -0.2) is 0 Å². The number of benzene rings is 1. The van der Waals surface area contributed by atoms with Crippen LogP contribution in [0.1, 0.15) is 35.3 Å². The average molecular weight is 257 g/mol. The second-order valence-corrected chi connectivity index (χ2v) is 3.93. The first-order chi connectivity index (χ1) is 6.65. The fourth-order valence-corrected chi connectivity index (χ4v) is 2.22. The van der Waals surface area contributed by atoms with Gasteiger partial charge in [-0.05, 0) is 46.0 Å². The minimum atomic E-state index is 0.266. The number of carbonyl (C=O) groups is 1. The van der Waals surface area contributed by atoms with Crippen LogP contribution in [0.25, 0.3) is 0 Å². The predicted molar refractivity (Wildman–Crippen MR) is 60.0 cm³/mol. The Labute approximate surface area is 92.1 Å². The first-order valence-corrected chi connectivity index (χ1v) is 5.43. The predicted octanol–water partition coefficient (Wildman–Crippen LogP) is 3.09. The number of aldehydes is 1. The third kappa shape index (κ3) is 1.82. The van der Waals surface area contributed by atoms with Crippen LogP contribution in [0.5, 0.6) is 5.75 Å². The Bertz CT molecular complexity index is 359. The highest BCUT2D eigenvalue weighted by molar-refractivity contribution is 9.10. The molecule has 1 N–H and O–H groups in total. The first-order valence-electron chi connectivity index (χ1n) is 4.64. The van der Waals surface area contributed by atoms with Crippen LogP contribution < -0.4 is 0 Å². The van der Waals surface area contributed by atoms with E-state index in [-0.39, 0.29) is 5.75 Å². The SMILES string of the molecule is CCc1c(O)cc(Br)c(C=O)c1CC. The number of hydrogen-bond acceptors (Lipinski definition) is 2. The molecule has 0 aliphatic carbocycles. The normalized spacial score (nSPS) is 10.2. The fraction of sp³-hybridized carbons (Fsp3) is 0.364. The van der Waals surface area contributed by atoms with E-state index in [0.717, 1.165) is 30.3 Å². The second kappa shape index (κ2) is 4.60. The van der Waals surface area contributed by atoms with Gasteiger partial charge >= 0.3 is 0 Å². The third-order valence-electron chi connectivity index (χ3n) is 2.34. The van der Waals surface area contributed by atoms with E-state index in [1.807, 2.05) is 13.8 Å². The molecule has 1 rings (SSSR count). The maximum Gasteiger partial charge on any atom is 0.151 e. The summed E-state index contributed by atoms with van der Waals surface area (Å²) in [6, 6.07) is 1.59. The highest BCUT2D eigenvalue weighted by Crippen LogP contribution is 2.31. The molecule has 0 spiro atoms. The van der Waals surface area contributed by atoms with Crippen molar-refractivity contribution < 1.29 is 9.90 Å². The van der Waals surface area contributed by atoms with Crippen molar-refractivity contribution in [1.29, 1.82) is 0 Å². The van der Waals surface area contributed by atoms with Crippen LogP contribution in [0, 0.1) is 0 Å². The Hall–Kier alpha value is -0.830. The lowest BCUT2D eigenvalue weighted by molar-refractivity contribution is 0.112. The molecule has 0 radical (unpaired) electrons. The van der Waals surface area contributed by atoms with Crippen molar-refractivity contribution in [1.82, 2.24) is 0 Å². The maximum absolute atomic E-state index is 10.9. The van der Waals surface area contributed by atoms with Crippen LogP contribution in [0.15, 0.2) is 10.5 Å². The minimum Gasteiger partial charge on any atom is -0.508 e. The largest absolute Gasteiger partial charge is 0.508 e. The fourth-order valence-electron chi connectivity index (χ4n) is 1.67. The third-order valence-corrected chi connectivity index (χ3v) is 3.00. The molecule has 0 bridgehead atoms. The van der Waals surface area contributed by atoms with Crippen molar-refractivity contribution in [3.05, 3.63) is 27.2 Å². The van der Waals surface area contributed by atoms with Gasteiger partial charge in [0.1, 0.15) is 5.75 Å². The molecule has 0 aromatic heterocycles. The zero-order valence-corrected chi connectivity index (χ0v) is 9.89. The Kier molecular flexibility index (Phi) is 3.69. The summed E-state index contributed by atoms with van der Waals surface area (Å²) in [6.45, 7) is 3.95. The smallest absolute Gasteiger partial charge is 0.151 e. The van der Waals surface area contributed by atoms with Gasteiger partial charge in [0, 0.05) is 10.0 Å². The quantitative estimate of drug-likeness (QED) is 0.845. The van der Waals surface area contributed by atoms with Crippen molar-refractivity contribution in [2.24, 2.45) is 0 Å².